The molecule has 0 spiro atoms. The molecule has 0 aliphatic rings. The lowest BCUT2D eigenvalue weighted by atomic mass is 10.3. The molecule has 0 heterocycles. The summed E-state index contributed by atoms with van der Waals surface area (Å²) in [6, 6.07) is 5.98. The summed E-state index contributed by atoms with van der Waals surface area (Å²) in [5.41, 5.74) is 0. The Bertz CT molecular complexity index is 284. The van der Waals surface area contributed by atoms with Crippen LogP contribution in [-0.4, -0.2) is 6.61 Å². The van der Waals surface area contributed by atoms with Crippen LogP contribution in [0.15, 0.2) is 24.8 Å². The zero-order valence-electron chi connectivity index (χ0n) is 6.31. The van der Waals surface area contributed by atoms with Crippen molar-refractivity contribution in [3.8, 4) is 5.75 Å². The topological polar surface area (TPSA) is 9.23 Å². The molecule has 0 atom stereocenters. The Morgan fingerprint density at radius 1 is 1.58 bits per heavy atom. The molecule has 0 aromatic heterocycles. The van der Waals surface area contributed by atoms with Crippen LogP contribution in [0.5, 0.6) is 5.75 Å². The average molecular weight is 202 g/mol. The molecule has 0 aliphatic carbocycles. The van der Waals surface area contributed by atoms with Crippen molar-refractivity contribution in [2.24, 2.45) is 0 Å². The smallest absolute Gasteiger partial charge is 0.140 e. The quantitative estimate of drug-likeness (QED) is 0.682. The summed E-state index contributed by atoms with van der Waals surface area (Å²) in [5.74, 6) is 0.532. The van der Waals surface area contributed by atoms with Crippen LogP contribution in [0.3, 0.4) is 0 Å². The maximum absolute atomic E-state index is 5.76. The predicted octanol–water partition coefficient (Wildman–Crippen LogP) is 3.36. The van der Waals surface area contributed by atoms with E-state index in [2.05, 4.69) is 12.6 Å². The molecule has 3 heteroatoms. The molecule has 0 N–H and O–H groups in total. The first-order valence-electron chi connectivity index (χ1n) is 3.34. The third-order valence-electron chi connectivity index (χ3n) is 1.18. The molecule has 1 radical (unpaired) electrons. The van der Waals surface area contributed by atoms with Gasteiger partial charge in [-0.25, -0.2) is 0 Å². The van der Waals surface area contributed by atoms with Gasteiger partial charge in [-0.15, -0.1) is 0 Å². The van der Waals surface area contributed by atoms with E-state index in [0.29, 0.717) is 22.4 Å². The molecule has 0 unspecified atom stereocenters. The molecule has 0 amide bonds. The van der Waals surface area contributed by atoms with Crippen LogP contribution in [0, 0.1) is 6.07 Å². The van der Waals surface area contributed by atoms with E-state index in [1.807, 2.05) is 0 Å². The first kappa shape index (κ1) is 9.43. The lowest BCUT2D eigenvalue weighted by molar-refractivity contribution is 0.363. The van der Waals surface area contributed by atoms with Gasteiger partial charge >= 0.3 is 0 Å². The largest absolute Gasteiger partial charge is 0.488 e. The van der Waals surface area contributed by atoms with E-state index >= 15 is 0 Å². The molecule has 0 saturated carbocycles. The number of hydrogen-bond donors (Lipinski definition) is 0. The minimum absolute atomic E-state index is 0.411. The van der Waals surface area contributed by atoms with Gasteiger partial charge in [0.05, 0.1) is 5.02 Å². The van der Waals surface area contributed by atoms with Gasteiger partial charge < -0.3 is 4.74 Å². The minimum atomic E-state index is 0.411. The first-order chi connectivity index (χ1) is 5.74. The lowest BCUT2D eigenvalue weighted by Crippen LogP contribution is -1.93. The van der Waals surface area contributed by atoms with E-state index in [1.54, 1.807) is 18.2 Å². The normalized spacial score (nSPS) is 9.50. The molecule has 63 valence electrons. The van der Waals surface area contributed by atoms with E-state index in [9.17, 15) is 0 Å². The fourth-order valence-electron chi connectivity index (χ4n) is 0.687. The predicted molar refractivity (Wildman–Crippen MR) is 51.0 cm³/mol. The zero-order valence-corrected chi connectivity index (χ0v) is 7.82. The Kier molecular flexibility index (Phi) is 3.45. The second-order valence-electron chi connectivity index (χ2n) is 2.10. The van der Waals surface area contributed by atoms with Crippen molar-refractivity contribution < 1.29 is 4.74 Å². The molecule has 1 aromatic rings. The Balaban J connectivity index is 2.82. The molecule has 0 fully saturated rings. The van der Waals surface area contributed by atoms with Crippen LogP contribution in [0.25, 0.3) is 0 Å². The fourth-order valence-corrected chi connectivity index (χ4v) is 1.00. The number of hydrogen-bond acceptors (Lipinski definition) is 1. The number of benzene rings is 1. The van der Waals surface area contributed by atoms with Crippen molar-refractivity contribution in [3.63, 3.8) is 0 Å². The zero-order chi connectivity index (χ0) is 8.97. The Morgan fingerprint density at radius 2 is 2.33 bits per heavy atom. The molecule has 1 aromatic carbocycles. The Labute approximate surface area is 81.6 Å². The van der Waals surface area contributed by atoms with Crippen LogP contribution >= 0.6 is 23.2 Å². The van der Waals surface area contributed by atoms with E-state index in [0.717, 1.165) is 0 Å². The number of ether oxygens (including phenoxy) is 1. The van der Waals surface area contributed by atoms with Crippen LogP contribution in [0.2, 0.25) is 10.0 Å². The highest BCUT2D eigenvalue weighted by atomic mass is 35.5. The summed E-state index contributed by atoms with van der Waals surface area (Å²) in [7, 11) is 0. The van der Waals surface area contributed by atoms with Gasteiger partial charge in [0.2, 0.25) is 0 Å². The van der Waals surface area contributed by atoms with E-state index in [4.69, 9.17) is 27.9 Å². The highest BCUT2D eigenvalue weighted by molar-refractivity contribution is 6.34. The summed E-state index contributed by atoms with van der Waals surface area (Å²) >= 11 is 11.5. The van der Waals surface area contributed by atoms with Crippen molar-refractivity contribution in [1.82, 2.24) is 0 Å². The maximum atomic E-state index is 5.76. The number of rotatable bonds is 3. The van der Waals surface area contributed by atoms with Gasteiger partial charge in [-0.05, 0) is 6.07 Å². The lowest BCUT2D eigenvalue weighted by Gasteiger charge is -2.04. The van der Waals surface area contributed by atoms with Crippen LogP contribution < -0.4 is 4.74 Å². The van der Waals surface area contributed by atoms with Crippen LogP contribution in [0.4, 0.5) is 0 Å². The van der Waals surface area contributed by atoms with E-state index in [-0.39, 0.29) is 0 Å². The van der Waals surface area contributed by atoms with Gasteiger partial charge in [0.15, 0.2) is 0 Å². The highest BCUT2D eigenvalue weighted by Crippen LogP contribution is 2.26. The third kappa shape index (κ3) is 2.43. The molecular formula is C9H7Cl2O. The summed E-state index contributed by atoms with van der Waals surface area (Å²) in [4.78, 5) is 0. The van der Waals surface area contributed by atoms with Gasteiger partial charge in [0.25, 0.3) is 0 Å². The van der Waals surface area contributed by atoms with Crippen molar-refractivity contribution in [2.75, 3.05) is 6.61 Å². The second kappa shape index (κ2) is 4.39. The van der Waals surface area contributed by atoms with Crippen molar-refractivity contribution >= 4 is 23.2 Å². The minimum Gasteiger partial charge on any atom is -0.488 e. The van der Waals surface area contributed by atoms with Gasteiger partial charge in [-0.3, -0.25) is 0 Å². The van der Waals surface area contributed by atoms with Crippen molar-refractivity contribution in [2.45, 2.75) is 0 Å². The average Bonchev–Trinajstić information content (AvgIpc) is 2.07. The second-order valence-corrected chi connectivity index (χ2v) is 2.91. The fraction of sp³-hybridized carbons (Fsp3) is 0.111. The third-order valence-corrected chi connectivity index (χ3v) is 1.69. The molecule has 1 nitrogen and oxygen atoms in total. The Hall–Kier alpha value is -0.660. The summed E-state index contributed by atoms with van der Waals surface area (Å²) in [5, 5.41) is 0.986. The van der Waals surface area contributed by atoms with E-state index < -0.39 is 0 Å². The summed E-state index contributed by atoms with van der Waals surface area (Å²) in [6.07, 6.45) is 1.64. The Morgan fingerprint density at radius 3 is 3.00 bits per heavy atom. The summed E-state index contributed by atoms with van der Waals surface area (Å²) < 4.78 is 5.20. The van der Waals surface area contributed by atoms with Gasteiger partial charge in [0.1, 0.15) is 12.4 Å². The van der Waals surface area contributed by atoms with Crippen LogP contribution in [-0.2, 0) is 0 Å². The molecule has 1 rings (SSSR count). The SMILES string of the molecule is C=CCOc1cc(Cl)c[c]c1Cl. The van der Waals surface area contributed by atoms with E-state index in [1.165, 1.54) is 0 Å². The summed E-state index contributed by atoms with van der Waals surface area (Å²) in [6.45, 7) is 3.93. The standard InChI is InChI=1S/C9H7Cl2O/c1-2-5-12-9-6-7(10)3-4-8(9)11/h2-3,6H,1,5H2. The van der Waals surface area contributed by atoms with Gasteiger partial charge in [0, 0.05) is 17.2 Å². The van der Waals surface area contributed by atoms with Crippen LogP contribution in [0.1, 0.15) is 0 Å². The monoisotopic (exact) mass is 201 g/mol. The molecule has 0 aliphatic heterocycles. The van der Waals surface area contributed by atoms with Gasteiger partial charge in [-0.1, -0.05) is 35.9 Å². The van der Waals surface area contributed by atoms with Crippen molar-refractivity contribution in [1.29, 1.82) is 0 Å². The molecular weight excluding hydrogens is 195 g/mol. The molecule has 12 heavy (non-hydrogen) atoms. The molecule has 0 bridgehead atoms. The van der Waals surface area contributed by atoms with Gasteiger partial charge in [-0.2, -0.15) is 0 Å². The maximum Gasteiger partial charge on any atom is 0.140 e. The first-order valence-corrected chi connectivity index (χ1v) is 4.10. The number of halogens is 2. The molecule has 0 saturated heterocycles. The highest BCUT2D eigenvalue weighted by Gasteiger charge is 2.00. The van der Waals surface area contributed by atoms with Crippen molar-refractivity contribution in [3.05, 3.63) is 40.9 Å².